The zero-order valence-electron chi connectivity index (χ0n) is 12.2. The third-order valence-corrected chi connectivity index (χ3v) is 3.71. The topological polar surface area (TPSA) is 50.4 Å². The summed E-state index contributed by atoms with van der Waals surface area (Å²) in [6, 6.07) is 11.3. The number of hydrogen-bond donors (Lipinski definition) is 2. The van der Waals surface area contributed by atoms with Crippen LogP contribution in [0.3, 0.4) is 0 Å². The van der Waals surface area contributed by atoms with Gasteiger partial charge in [0.25, 0.3) is 5.91 Å². The number of ether oxygens (including phenoxy) is 1. The molecule has 2 rings (SSSR count). The van der Waals surface area contributed by atoms with Crippen LogP contribution in [0.2, 0.25) is 0 Å². The quantitative estimate of drug-likeness (QED) is 0.554. The SMILES string of the molecule is CCOc1ccc(C(=O)NC(=S)Nc2ccc(I)cc2F)cc1. The first-order valence-electron chi connectivity index (χ1n) is 6.80. The van der Waals surface area contributed by atoms with Crippen LogP contribution in [0.1, 0.15) is 17.3 Å². The van der Waals surface area contributed by atoms with Gasteiger partial charge in [-0.15, -0.1) is 0 Å². The minimum atomic E-state index is -0.436. The van der Waals surface area contributed by atoms with Crippen molar-refractivity contribution >= 4 is 51.5 Å². The number of carbonyl (C=O) groups is 1. The lowest BCUT2D eigenvalue weighted by Gasteiger charge is -2.11. The van der Waals surface area contributed by atoms with Gasteiger partial charge in [0.2, 0.25) is 0 Å². The highest BCUT2D eigenvalue weighted by atomic mass is 127. The molecule has 2 N–H and O–H groups in total. The molecule has 120 valence electrons. The zero-order chi connectivity index (χ0) is 16.8. The third-order valence-electron chi connectivity index (χ3n) is 2.83. The summed E-state index contributed by atoms with van der Waals surface area (Å²) in [6.07, 6.45) is 0. The predicted octanol–water partition coefficient (Wildman–Crippen LogP) is 3.96. The molecule has 0 fully saturated rings. The number of thiocarbonyl (C=S) groups is 1. The molecule has 0 radical (unpaired) electrons. The Bertz CT molecular complexity index is 723. The minimum Gasteiger partial charge on any atom is -0.494 e. The van der Waals surface area contributed by atoms with E-state index in [0.717, 1.165) is 3.57 Å². The van der Waals surface area contributed by atoms with Gasteiger partial charge >= 0.3 is 0 Å². The Morgan fingerprint density at radius 3 is 2.57 bits per heavy atom. The highest BCUT2D eigenvalue weighted by molar-refractivity contribution is 14.1. The molecule has 7 heteroatoms. The average Bonchev–Trinajstić information content (AvgIpc) is 2.51. The molecular weight excluding hydrogens is 430 g/mol. The van der Waals surface area contributed by atoms with E-state index in [1.54, 1.807) is 36.4 Å². The summed E-state index contributed by atoms with van der Waals surface area (Å²) in [5.41, 5.74) is 0.642. The first-order valence-corrected chi connectivity index (χ1v) is 8.28. The summed E-state index contributed by atoms with van der Waals surface area (Å²) in [5.74, 6) is -0.128. The number of benzene rings is 2. The molecular formula is C16H14FIN2O2S. The van der Waals surface area contributed by atoms with Gasteiger partial charge < -0.3 is 10.1 Å². The predicted molar refractivity (Wildman–Crippen MR) is 100 cm³/mol. The molecule has 4 nitrogen and oxygen atoms in total. The largest absolute Gasteiger partial charge is 0.494 e. The fraction of sp³-hybridized carbons (Fsp3) is 0.125. The van der Waals surface area contributed by atoms with Gasteiger partial charge in [0.05, 0.1) is 12.3 Å². The van der Waals surface area contributed by atoms with E-state index in [1.165, 1.54) is 6.07 Å². The highest BCUT2D eigenvalue weighted by Gasteiger charge is 2.10. The van der Waals surface area contributed by atoms with Crippen LogP contribution in [-0.2, 0) is 0 Å². The van der Waals surface area contributed by atoms with Crippen LogP contribution in [0.15, 0.2) is 42.5 Å². The van der Waals surface area contributed by atoms with E-state index >= 15 is 0 Å². The standard InChI is InChI=1S/C16H14FIN2O2S/c1-2-22-12-6-3-10(4-7-12)15(21)20-16(23)19-14-8-5-11(18)9-13(14)17/h3-9H,2H2,1H3,(H2,19,20,21,23). The van der Waals surface area contributed by atoms with E-state index < -0.39 is 5.82 Å². The van der Waals surface area contributed by atoms with Crippen LogP contribution < -0.4 is 15.4 Å². The number of amides is 1. The van der Waals surface area contributed by atoms with Gasteiger partial charge in [0.1, 0.15) is 11.6 Å². The zero-order valence-corrected chi connectivity index (χ0v) is 15.2. The summed E-state index contributed by atoms with van der Waals surface area (Å²) >= 11 is 7.05. The molecule has 0 saturated carbocycles. The molecule has 2 aromatic carbocycles. The van der Waals surface area contributed by atoms with Crippen molar-refractivity contribution < 1.29 is 13.9 Å². The maximum absolute atomic E-state index is 13.7. The number of anilines is 1. The Morgan fingerprint density at radius 2 is 1.96 bits per heavy atom. The molecule has 0 spiro atoms. The van der Waals surface area contributed by atoms with Crippen molar-refractivity contribution in [1.29, 1.82) is 0 Å². The molecule has 0 aliphatic rings. The number of rotatable bonds is 4. The smallest absolute Gasteiger partial charge is 0.257 e. The Hall–Kier alpha value is -1.74. The van der Waals surface area contributed by atoms with Crippen molar-refractivity contribution in [3.8, 4) is 5.75 Å². The van der Waals surface area contributed by atoms with E-state index in [4.69, 9.17) is 17.0 Å². The summed E-state index contributed by atoms with van der Waals surface area (Å²) in [6.45, 7) is 2.44. The molecule has 0 atom stereocenters. The molecule has 2 aromatic rings. The Morgan fingerprint density at radius 1 is 1.26 bits per heavy atom. The molecule has 0 saturated heterocycles. The molecule has 1 amide bonds. The Kier molecular flexibility index (Phi) is 6.28. The van der Waals surface area contributed by atoms with Gasteiger partial charge in [-0.2, -0.15) is 0 Å². The molecule has 0 heterocycles. The van der Waals surface area contributed by atoms with E-state index in [1.807, 2.05) is 29.5 Å². The fourth-order valence-corrected chi connectivity index (χ4v) is 2.44. The molecule has 0 aliphatic carbocycles. The highest BCUT2D eigenvalue weighted by Crippen LogP contribution is 2.17. The number of nitrogens with one attached hydrogen (secondary N) is 2. The maximum Gasteiger partial charge on any atom is 0.257 e. The average molecular weight is 444 g/mol. The van der Waals surface area contributed by atoms with Crippen molar-refractivity contribution in [3.63, 3.8) is 0 Å². The van der Waals surface area contributed by atoms with E-state index in [0.29, 0.717) is 17.9 Å². The number of hydrogen-bond acceptors (Lipinski definition) is 3. The summed E-state index contributed by atoms with van der Waals surface area (Å²) in [5, 5.41) is 5.21. The summed E-state index contributed by atoms with van der Waals surface area (Å²) < 4.78 is 19.8. The van der Waals surface area contributed by atoms with Crippen LogP contribution in [-0.4, -0.2) is 17.6 Å². The second-order valence-corrected chi connectivity index (χ2v) is 6.14. The van der Waals surface area contributed by atoms with Crippen molar-refractivity contribution in [2.45, 2.75) is 6.92 Å². The van der Waals surface area contributed by atoms with Gasteiger partial charge in [-0.1, -0.05) is 0 Å². The van der Waals surface area contributed by atoms with Crippen LogP contribution in [0.5, 0.6) is 5.75 Å². The minimum absolute atomic E-state index is 0.0315. The van der Waals surface area contributed by atoms with Crippen LogP contribution >= 0.6 is 34.8 Å². The third kappa shape index (κ3) is 5.14. The molecule has 0 aliphatic heterocycles. The fourth-order valence-electron chi connectivity index (χ4n) is 1.79. The Balaban J connectivity index is 1.97. The van der Waals surface area contributed by atoms with Gasteiger partial charge in [-0.05, 0) is 84.2 Å². The molecule has 23 heavy (non-hydrogen) atoms. The van der Waals surface area contributed by atoms with Gasteiger partial charge in [-0.25, -0.2) is 4.39 Å². The first kappa shape index (κ1) is 17.6. The number of carbonyl (C=O) groups excluding carboxylic acids is 1. The van der Waals surface area contributed by atoms with Crippen LogP contribution in [0.4, 0.5) is 10.1 Å². The normalized spacial score (nSPS) is 10.0. The lowest BCUT2D eigenvalue weighted by molar-refractivity contribution is 0.0977. The maximum atomic E-state index is 13.7. The summed E-state index contributed by atoms with van der Waals surface area (Å²) in [4.78, 5) is 12.1. The van der Waals surface area contributed by atoms with Gasteiger partial charge in [-0.3, -0.25) is 10.1 Å². The Labute approximate surface area is 152 Å². The van der Waals surface area contributed by atoms with E-state index in [2.05, 4.69) is 10.6 Å². The molecule has 0 unspecified atom stereocenters. The van der Waals surface area contributed by atoms with Gasteiger partial charge in [0.15, 0.2) is 5.11 Å². The van der Waals surface area contributed by atoms with Crippen molar-refractivity contribution in [3.05, 3.63) is 57.4 Å². The molecule has 0 aromatic heterocycles. The second kappa shape index (κ2) is 8.21. The van der Waals surface area contributed by atoms with E-state index in [9.17, 15) is 9.18 Å². The first-order chi connectivity index (χ1) is 11.0. The van der Waals surface area contributed by atoms with Gasteiger partial charge in [0, 0.05) is 9.13 Å². The molecule has 0 bridgehead atoms. The summed E-state index contributed by atoms with van der Waals surface area (Å²) in [7, 11) is 0. The van der Waals surface area contributed by atoms with Crippen LogP contribution in [0.25, 0.3) is 0 Å². The van der Waals surface area contributed by atoms with Crippen molar-refractivity contribution in [2.24, 2.45) is 0 Å². The van der Waals surface area contributed by atoms with Crippen LogP contribution in [0, 0.1) is 9.39 Å². The number of halogens is 2. The second-order valence-electron chi connectivity index (χ2n) is 4.49. The lowest BCUT2D eigenvalue weighted by atomic mass is 10.2. The van der Waals surface area contributed by atoms with E-state index in [-0.39, 0.29) is 16.7 Å². The monoisotopic (exact) mass is 444 g/mol. The van der Waals surface area contributed by atoms with Crippen molar-refractivity contribution in [1.82, 2.24) is 5.32 Å². The van der Waals surface area contributed by atoms with Crippen molar-refractivity contribution in [2.75, 3.05) is 11.9 Å². The lowest BCUT2D eigenvalue weighted by Crippen LogP contribution is -2.34.